The number of anilines is 1. The van der Waals surface area contributed by atoms with E-state index in [2.05, 4.69) is 15.0 Å². The van der Waals surface area contributed by atoms with E-state index in [9.17, 15) is 0 Å². The Bertz CT molecular complexity index is 517. The Morgan fingerprint density at radius 2 is 2.24 bits per heavy atom. The van der Waals surface area contributed by atoms with E-state index in [1.54, 1.807) is 6.07 Å². The molecule has 0 atom stereocenters. The van der Waals surface area contributed by atoms with Gasteiger partial charge in [0.2, 0.25) is 5.95 Å². The number of nitrogens with zero attached hydrogens (tertiary/aromatic N) is 3. The standard InChI is InChI=1S/C10H11ClN4OS/c1-2-4-16-10-14-8(13-9(12)15-10)7-6(11)3-5-17-7/h3,5H,2,4H2,1H3,(H2,12,13,14,15). The molecule has 0 radical (unpaired) electrons. The molecule has 2 rings (SSSR count). The largest absolute Gasteiger partial charge is 0.463 e. The molecular formula is C10H11ClN4OS. The first-order valence-corrected chi connectivity index (χ1v) is 6.34. The van der Waals surface area contributed by atoms with Gasteiger partial charge in [-0.3, -0.25) is 0 Å². The summed E-state index contributed by atoms with van der Waals surface area (Å²) in [5.74, 6) is 0.578. The van der Waals surface area contributed by atoms with E-state index in [1.165, 1.54) is 11.3 Å². The molecule has 7 heteroatoms. The van der Waals surface area contributed by atoms with Crippen LogP contribution in [0, 0.1) is 0 Å². The van der Waals surface area contributed by atoms with Crippen LogP contribution in [-0.4, -0.2) is 21.6 Å². The van der Waals surface area contributed by atoms with Crippen molar-refractivity contribution < 1.29 is 4.74 Å². The minimum atomic E-state index is 0.130. The topological polar surface area (TPSA) is 73.9 Å². The second-order valence-corrected chi connectivity index (χ2v) is 4.57. The van der Waals surface area contributed by atoms with Crippen molar-refractivity contribution in [3.63, 3.8) is 0 Å². The summed E-state index contributed by atoms with van der Waals surface area (Å²) in [4.78, 5) is 12.9. The van der Waals surface area contributed by atoms with Crippen LogP contribution in [0.5, 0.6) is 6.01 Å². The van der Waals surface area contributed by atoms with Gasteiger partial charge in [0.05, 0.1) is 16.5 Å². The van der Waals surface area contributed by atoms with Crippen molar-refractivity contribution in [2.45, 2.75) is 13.3 Å². The Hall–Kier alpha value is -1.40. The van der Waals surface area contributed by atoms with Gasteiger partial charge in [-0.15, -0.1) is 11.3 Å². The van der Waals surface area contributed by atoms with Gasteiger partial charge in [-0.05, 0) is 17.9 Å². The lowest BCUT2D eigenvalue weighted by molar-refractivity contribution is 0.292. The van der Waals surface area contributed by atoms with Crippen molar-refractivity contribution in [2.24, 2.45) is 0 Å². The molecule has 2 aromatic heterocycles. The first kappa shape index (κ1) is 12.1. The number of nitrogens with two attached hydrogens (primary N) is 1. The molecule has 0 aliphatic heterocycles. The number of nitrogen functional groups attached to an aromatic ring is 1. The van der Waals surface area contributed by atoms with E-state index in [0.717, 1.165) is 11.3 Å². The number of thiophene rings is 1. The first-order chi connectivity index (χ1) is 8.20. The van der Waals surface area contributed by atoms with Gasteiger partial charge in [-0.2, -0.15) is 15.0 Å². The number of hydrogen-bond acceptors (Lipinski definition) is 6. The summed E-state index contributed by atoms with van der Waals surface area (Å²) in [6.07, 6.45) is 0.876. The van der Waals surface area contributed by atoms with Crippen LogP contribution in [0.4, 0.5) is 5.95 Å². The number of rotatable bonds is 4. The molecule has 2 aromatic rings. The lowest BCUT2D eigenvalue weighted by Crippen LogP contribution is -2.05. The van der Waals surface area contributed by atoms with Crippen molar-refractivity contribution in [3.8, 4) is 16.7 Å². The van der Waals surface area contributed by atoms with Crippen molar-refractivity contribution in [3.05, 3.63) is 16.5 Å². The minimum Gasteiger partial charge on any atom is -0.463 e. The van der Waals surface area contributed by atoms with Crippen LogP contribution in [-0.2, 0) is 0 Å². The Balaban J connectivity index is 2.35. The molecule has 0 unspecified atom stereocenters. The molecule has 0 aliphatic carbocycles. The van der Waals surface area contributed by atoms with Crippen LogP contribution in [0.1, 0.15) is 13.3 Å². The van der Waals surface area contributed by atoms with Crippen molar-refractivity contribution in [1.82, 2.24) is 15.0 Å². The van der Waals surface area contributed by atoms with Gasteiger partial charge in [-0.1, -0.05) is 18.5 Å². The van der Waals surface area contributed by atoms with Crippen molar-refractivity contribution in [1.29, 1.82) is 0 Å². The highest BCUT2D eigenvalue weighted by Crippen LogP contribution is 2.31. The third-order valence-corrected chi connectivity index (χ3v) is 3.23. The van der Waals surface area contributed by atoms with Crippen LogP contribution in [0.2, 0.25) is 5.02 Å². The molecule has 0 saturated carbocycles. The molecule has 0 aromatic carbocycles. The fourth-order valence-corrected chi connectivity index (χ4v) is 2.26. The SMILES string of the molecule is CCCOc1nc(N)nc(-c2sccc2Cl)n1. The molecule has 0 bridgehead atoms. The lowest BCUT2D eigenvalue weighted by Gasteiger charge is -2.04. The summed E-state index contributed by atoms with van der Waals surface area (Å²) in [5.41, 5.74) is 5.61. The van der Waals surface area contributed by atoms with E-state index in [1.807, 2.05) is 12.3 Å². The highest BCUT2D eigenvalue weighted by Gasteiger charge is 2.12. The van der Waals surface area contributed by atoms with E-state index in [-0.39, 0.29) is 12.0 Å². The van der Waals surface area contributed by atoms with Crippen LogP contribution >= 0.6 is 22.9 Å². The first-order valence-electron chi connectivity index (χ1n) is 5.08. The molecule has 2 heterocycles. The molecule has 2 N–H and O–H groups in total. The zero-order valence-electron chi connectivity index (χ0n) is 9.18. The summed E-state index contributed by atoms with van der Waals surface area (Å²) >= 11 is 7.46. The highest BCUT2D eigenvalue weighted by molar-refractivity contribution is 7.14. The normalized spacial score (nSPS) is 10.5. The average molecular weight is 271 g/mol. The third-order valence-electron chi connectivity index (χ3n) is 1.89. The van der Waals surface area contributed by atoms with Gasteiger partial charge in [0, 0.05) is 0 Å². The maximum atomic E-state index is 6.01. The molecule has 5 nitrogen and oxygen atoms in total. The Kier molecular flexibility index (Phi) is 3.75. The van der Waals surface area contributed by atoms with Gasteiger partial charge in [-0.25, -0.2) is 0 Å². The average Bonchev–Trinajstić information content (AvgIpc) is 2.72. The van der Waals surface area contributed by atoms with E-state index in [0.29, 0.717) is 17.5 Å². The minimum absolute atomic E-state index is 0.130. The number of halogens is 1. The fraction of sp³-hybridized carbons (Fsp3) is 0.300. The second-order valence-electron chi connectivity index (χ2n) is 3.25. The molecular weight excluding hydrogens is 260 g/mol. The molecule has 17 heavy (non-hydrogen) atoms. The van der Waals surface area contributed by atoms with E-state index < -0.39 is 0 Å². The Labute approximate surface area is 108 Å². The Morgan fingerprint density at radius 1 is 1.41 bits per heavy atom. The number of hydrogen-bond donors (Lipinski definition) is 1. The third kappa shape index (κ3) is 2.83. The predicted molar refractivity (Wildman–Crippen MR) is 68.3 cm³/mol. The monoisotopic (exact) mass is 270 g/mol. The quantitative estimate of drug-likeness (QED) is 0.924. The second kappa shape index (κ2) is 5.29. The molecule has 90 valence electrons. The molecule has 0 aliphatic rings. The summed E-state index contributed by atoms with van der Waals surface area (Å²) in [5, 5.41) is 2.46. The fourth-order valence-electron chi connectivity index (χ4n) is 1.18. The maximum Gasteiger partial charge on any atom is 0.321 e. The zero-order chi connectivity index (χ0) is 12.3. The van der Waals surface area contributed by atoms with E-state index >= 15 is 0 Å². The van der Waals surface area contributed by atoms with E-state index in [4.69, 9.17) is 22.1 Å². The van der Waals surface area contributed by atoms with Crippen LogP contribution in [0.15, 0.2) is 11.4 Å². The summed E-state index contributed by atoms with van der Waals surface area (Å²) in [7, 11) is 0. The van der Waals surface area contributed by atoms with Gasteiger partial charge in [0.1, 0.15) is 0 Å². The molecule has 0 spiro atoms. The molecule has 0 fully saturated rings. The number of aromatic nitrogens is 3. The van der Waals surface area contributed by atoms with Crippen LogP contribution < -0.4 is 10.5 Å². The molecule has 0 saturated heterocycles. The predicted octanol–water partition coefficient (Wildman–Crippen LogP) is 2.62. The van der Waals surface area contributed by atoms with Crippen molar-refractivity contribution in [2.75, 3.05) is 12.3 Å². The summed E-state index contributed by atoms with van der Waals surface area (Å²) in [6, 6.07) is 2.02. The lowest BCUT2D eigenvalue weighted by atomic mass is 10.4. The Morgan fingerprint density at radius 3 is 2.88 bits per heavy atom. The number of ether oxygens (including phenoxy) is 1. The summed E-state index contributed by atoms with van der Waals surface area (Å²) in [6.45, 7) is 2.54. The van der Waals surface area contributed by atoms with Crippen LogP contribution in [0.25, 0.3) is 10.7 Å². The molecule has 0 amide bonds. The van der Waals surface area contributed by atoms with Crippen LogP contribution in [0.3, 0.4) is 0 Å². The highest BCUT2D eigenvalue weighted by atomic mass is 35.5. The van der Waals surface area contributed by atoms with Gasteiger partial charge < -0.3 is 10.5 Å². The maximum absolute atomic E-state index is 6.01. The van der Waals surface area contributed by atoms with Gasteiger partial charge in [0.15, 0.2) is 5.82 Å². The van der Waals surface area contributed by atoms with Gasteiger partial charge >= 0.3 is 6.01 Å². The smallest absolute Gasteiger partial charge is 0.321 e. The van der Waals surface area contributed by atoms with Crippen molar-refractivity contribution >= 4 is 28.9 Å². The zero-order valence-corrected chi connectivity index (χ0v) is 10.8. The van der Waals surface area contributed by atoms with Gasteiger partial charge in [0.25, 0.3) is 0 Å². The summed E-state index contributed by atoms with van der Waals surface area (Å²) < 4.78 is 5.33.